The lowest BCUT2D eigenvalue weighted by molar-refractivity contribution is 0.322. The molecular formula is C13H20N4. The molecule has 0 amide bonds. The van der Waals surface area contributed by atoms with Crippen molar-refractivity contribution < 1.29 is 0 Å². The number of nitrogens with one attached hydrogen (secondary N) is 2. The molecule has 0 aliphatic rings. The molecule has 0 bridgehead atoms. The number of H-pyrrole nitrogens is 1. The van der Waals surface area contributed by atoms with Crippen LogP contribution in [0.5, 0.6) is 0 Å². The molecule has 0 saturated heterocycles. The fourth-order valence-corrected chi connectivity index (χ4v) is 2.04. The van der Waals surface area contributed by atoms with Crippen molar-refractivity contribution in [2.45, 2.75) is 13.0 Å². The standard InChI is InChI=1S/C13H20N4/c1-14-6-4-8-17(2)10-11-9-16-13-12(11)5-3-7-15-13/h3,5,7,9,14H,4,6,8,10H2,1-2H3,(H,15,16). The van der Waals surface area contributed by atoms with E-state index in [1.54, 1.807) is 0 Å². The summed E-state index contributed by atoms with van der Waals surface area (Å²) in [6, 6.07) is 4.11. The maximum Gasteiger partial charge on any atom is 0.137 e. The monoisotopic (exact) mass is 232 g/mol. The molecule has 2 rings (SSSR count). The zero-order chi connectivity index (χ0) is 12.1. The van der Waals surface area contributed by atoms with Gasteiger partial charge >= 0.3 is 0 Å². The highest BCUT2D eigenvalue weighted by atomic mass is 15.1. The average molecular weight is 232 g/mol. The topological polar surface area (TPSA) is 44.0 Å². The highest BCUT2D eigenvalue weighted by Crippen LogP contribution is 2.16. The lowest BCUT2D eigenvalue weighted by atomic mass is 10.2. The van der Waals surface area contributed by atoms with Crippen LogP contribution < -0.4 is 5.32 Å². The first-order valence-corrected chi connectivity index (χ1v) is 6.05. The number of aromatic nitrogens is 2. The minimum Gasteiger partial charge on any atom is -0.346 e. The number of pyridine rings is 1. The van der Waals surface area contributed by atoms with Crippen molar-refractivity contribution in [3.8, 4) is 0 Å². The molecule has 2 aromatic heterocycles. The normalized spacial score (nSPS) is 11.5. The van der Waals surface area contributed by atoms with E-state index in [1.807, 2.05) is 19.3 Å². The molecule has 92 valence electrons. The quantitative estimate of drug-likeness (QED) is 0.744. The van der Waals surface area contributed by atoms with E-state index < -0.39 is 0 Å². The Hall–Kier alpha value is -1.39. The Labute approximate surface area is 102 Å². The van der Waals surface area contributed by atoms with E-state index in [9.17, 15) is 0 Å². The molecule has 0 saturated carbocycles. The van der Waals surface area contributed by atoms with Gasteiger partial charge in [-0.15, -0.1) is 0 Å². The van der Waals surface area contributed by atoms with Gasteiger partial charge < -0.3 is 15.2 Å². The van der Waals surface area contributed by atoms with Crippen molar-refractivity contribution in [1.29, 1.82) is 0 Å². The van der Waals surface area contributed by atoms with E-state index in [0.29, 0.717) is 0 Å². The summed E-state index contributed by atoms with van der Waals surface area (Å²) in [6.45, 7) is 3.14. The van der Waals surface area contributed by atoms with Gasteiger partial charge in [0, 0.05) is 24.3 Å². The predicted molar refractivity (Wildman–Crippen MR) is 71.0 cm³/mol. The van der Waals surface area contributed by atoms with Gasteiger partial charge in [-0.05, 0) is 51.3 Å². The molecule has 2 aromatic rings. The minimum absolute atomic E-state index is 0.968. The fourth-order valence-electron chi connectivity index (χ4n) is 2.04. The number of fused-ring (bicyclic) bond motifs is 1. The highest BCUT2D eigenvalue weighted by Gasteiger charge is 2.06. The molecular weight excluding hydrogens is 212 g/mol. The second-order valence-corrected chi connectivity index (χ2v) is 4.41. The molecule has 0 fully saturated rings. The van der Waals surface area contributed by atoms with E-state index in [-0.39, 0.29) is 0 Å². The van der Waals surface area contributed by atoms with Gasteiger partial charge in [-0.25, -0.2) is 4.98 Å². The summed E-state index contributed by atoms with van der Waals surface area (Å²) in [6.07, 6.45) is 5.05. The molecule has 0 aliphatic carbocycles. The summed E-state index contributed by atoms with van der Waals surface area (Å²) >= 11 is 0. The smallest absolute Gasteiger partial charge is 0.137 e. The van der Waals surface area contributed by atoms with Gasteiger partial charge in [0.15, 0.2) is 0 Å². The van der Waals surface area contributed by atoms with Crippen molar-refractivity contribution in [2.24, 2.45) is 0 Å². The third-order valence-electron chi connectivity index (χ3n) is 2.94. The van der Waals surface area contributed by atoms with Gasteiger partial charge in [-0.1, -0.05) is 0 Å². The van der Waals surface area contributed by atoms with Gasteiger partial charge in [0.25, 0.3) is 0 Å². The maximum atomic E-state index is 4.30. The Morgan fingerprint density at radius 3 is 3.18 bits per heavy atom. The lowest BCUT2D eigenvalue weighted by Crippen LogP contribution is -2.22. The van der Waals surface area contributed by atoms with E-state index in [2.05, 4.69) is 39.5 Å². The highest BCUT2D eigenvalue weighted by molar-refractivity contribution is 5.79. The first-order chi connectivity index (χ1) is 8.31. The van der Waals surface area contributed by atoms with Crippen LogP contribution in [0.15, 0.2) is 24.5 Å². The summed E-state index contributed by atoms with van der Waals surface area (Å²) in [4.78, 5) is 9.85. The number of hydrogen-bond donors (Lipinski definition) is 2. The molecule has 0 aromatic carbocycles. The molecule has 0 aliphatic heterocycles. The van der Waals surface area contributed by atoms with Crippen LogP contribution in [-0.4, -0.2) is 42.1 Å². The average Bonchev–Trinajstić information content (AvgIpc) is 2.73. The number of aromatic amines is 1. The van der Waals surface area contributed by atoms with Crippen LogP contribution in [0.4, 0.5) is 0 Å². The number of nitrogens with zero attached hydrogens (tertiary/aromatic N) is 2. The molecule has 0 atom stereocenters. The number of hydrogen-bond acceptors (Lipinski definition) is 3. The SMILES string of the molecule is CNCCCN(C)Cc1c[nH]c2ncccc12. The van der Waals surface area contributed by atoms with Crippen LogP contribution in [0.25, 0.3) is 11.0 Å². The second kappa shape index (κ2) is 5.80. The Balaban J connectivity index is 1.98. The van der Waals surface area contributed by atoms with E-state index in [0.717, 1.165) is 25.3 Å². The third-order valence-corrected chi connectivity index (χ3v) is 2.94. The zero-order valence-electron chi connectivity index (χ0n) is 10.5. The zero-order valence-corrected chi connectivity index (χ0v) is 10.5. The maximum absolute atomic E-state index is 4.30. The van der Waals surface area contributed by atoms with Crippen molar-refractivity contribution in [2.75, 3.05) is 27.2 Å². The van der Waals surface area contributed by atoms with Gasteiger partial charge in [0.1, 0.15) is 5.65 Å². The Morgan fingerprint density at radius 2 is 2.35 bits per heavy atom. The van der Waals surface area contributed by atoms with Crippen molar-refractivity contribution in [3.63, 3.8) is 0 Å². The summed E-state index contributed by atoms with van der Waals surface area (Å²) < 4.78 is 0. The van der Waals surface area contributed by atoms with Crippen molar-refractivity contribution >= 4 is 11.0 Å². The number of rotatable bonds is 6. The lowest BCUT2D eigenvalue weighted by Gasteiger charge is -2.15. The second-order valence-electron chi connectivity index (χ2n) is 4.41. The summed E-state index contributed by atoms with van der Waals surface area (Å²) in [5.41, 5.74) is 2.30. The largest absolute Gasteiger partial charge is 0.346 e. The Kier molecular flexibility index (Phi) is 4.12. The van der Waals surface area contributed by atoms with Crippen LogP contribution in [0.1, 0.15) is 12.0 Å². The van der Waals surface area contributed by atoms with Gasteiger partial charge in [-0.3, -0.25) is 0 Å². The van der Waals surface area contributed by atoms with E-state index in [4.69, 9.17) is 0 Å². The van der Waals surface area contributed by atoms with Crippen LogP contribution in [0.3, 0.4) is 0 Å². The van der Waals surface area contributed by atoms with Crippen LogP contribution in [0, 0.1) is 0 Å². The first-order valence-electron chi connectivity index (χ1n) is 6.05. The molecule has 2 heterocycles. The van der Waals surface area contributed by atoms with Gasteiger partial charge in [0.05, 0.1) is 0 Å². The molecule has 4 nitrogen and oxygen atoms in total. The van der Waals surface area contributed by atoms with Gasteiger partial charge in [-0.2, -0.15) is 0 Å². The molecule has 2 N–H and O–H groups in total. The summed E-state index contributed by atoms with van der Waals surface area (Å²) in [7, 11) is 4.15. The fraction of sp³-hybridized carbons (Fsp3) is 0.462. The molecule has 0 unspecified atom stereocenters. The Morgan fingerprint density at radius 1 is 1.47 bits per heavy atom. The first kappa shape index (κ1) is 12.1. The Bertz CT molecular complexity index is 463. The van der Waals surface area contributed by atoms with Gasteiger partial charge in [0.2, 0.25) is 0 Å². The van der Waals surface area contributed by atoms with Crippen LogP contribution in [0.2, 0.25) is 0 Å². The summed E-state index contributed by atoms with van der Waals surface area (Å²) in [5, 5.41) is 4.40. The molecule has 17 heavy (non-hydrogen) atoms. The van der Waals surface area contributed by atoms with Crippen LogP contribution >= 0.6 is 0 Å². The minimum atomic E-state index is 0.968. The molecule has 0 radical (unpaired) electrons. The van der Waals surface area contributed by atoms with Crippen molar-refractivity contribution in [1.82, 2.24) is 20.2 Å². The predicted octanol–water partition coefficient (Wildman–Crippen LogP) is 1.60. The third kappa shape index (κ3) is 3.05. The van der Waals surface area contributed by atoms with E-state index >= 15 is 0 Å². The molecule has 4 heteroatoms. The van der Waals surface area contributed by atoms with Crippen molar-refractivity contribution in [3.05, 3.63) is 30.1 Å². The van der Waals surface area contributed by atoms with E-state index in [1.165, 1.54) is 17.4 Å². The molecule has 0 spiro atoms. The summed E-state index contributed by atoms with van der Waals surface area (Å²) in [5.74, 6) is 0. The van der Waals surface area contributed by atoms with Crippen LogP contribution in [-0.2, 0) is 6.54 Å².